The number of benzene rings is 1. The van der Waals surface area contributed by atoms with Crippen molar-refractivity contribution >= 4 is 17.7 Å². The van der Waals surface area contributed by atoms with Crippen LogP contribution < -0.4 is 5.32 Å². The van der Waals surface area contributed by atoms with Crippen molar-refractivity contribution in [2.24, 2.45) is 0 Å². The van der Waals surface area contributed by atoms with Gasteiger partial charge in [0.05, 0.1) is 5.56 Å². The molecule has 1 heterocycles. The number of rotatable bonds is 2. The van der Waals surface area contributed by atoms with Crippen LogP contribution in [0.3, 0.4) is 0 Å². The fourth-order valence-corrected chi connectivity index (χ4v) is 3.11. The van der Waals surface area contributed by atoms with Crippen LogP contribution >= 0.6 is 11.8 Å². The highest BCUT2D eigenvalue weighted by molar-refractivity contribution is 7.99. The third-order valence-corrected chi connectivity index (χ3v) is 4.24. The molecule has 3 nitrogen and oxygen atoms in total. The molecule has 0 saturated carbocycles. The van der Waals surface area contributed by atoms with Gasteiger partial charge in [0.15, 0.2) is 0 Å². The number of nitrogens with one attached hydrogen (secondary N) is 1. The molecule has 2 N–H and O–H groups in total. The molecule has 106 valence electrons. The third-order valence-electron chi connectivity index (χ3n) is 3.02. The summed E-state index contributed by atoms with van der Waals surface area (Å²) >= 11 is 1.81. The predicted molar refractivity (Wildman–Crippen MR) is 78.2 cm³/mol. The second kappa shape index (κ2) is 7.32. The molecule has 0 bridgehead atoms. The van der Waals surface area contributed by atoms with Crippen LogP contribution in [0.25, 0.3) is 0 Å². The van der Waals surface area contributed by atoms with Gasteiger partial charge in [0.2, 0.25) is 0 Å². The molecule has 0 spiro atoms. The molecule has 1 unspecified atom stereocenters. The molecule has 20 heavy (non-hydrogen) atoms. The van der Waals surface area contributed by atoms with Crippen molar-refractivity contribution < 1.29 is 14.3 Å². The average Bonchev–Trinajstić information content (AvgIpc) is 2.46. The van der Waals surface area contributed by atoms with E-state index in [1.54, 1.807) is 17.8 Å². The first-order chi connectivity index (χ1) is 9.70. The largest absolute Gasteiger partial charge is 0.384 e. The van der Waals surface area contributed by atoms with Gasteiger partial charge in [0.25, 0.3) is 5.91 Å². The summed E-state index contributed by atoms with van der Waals surface area (Å²) in [5, 5.41) is 11.5. The van der Waals surface area contributed by atoms with E-state index in [1.807, 2.05) is 0 Å². The topological polar surface area (TPSA) is 49.3 Å². The minimum Gasteiger partial charge on any atom is -0.384 e. The lowest BCUT2D eigenvalue weighted by molar-refractivity contribution is 0.0934. The van der Waals surface area contributed by atoms with Crippen LogP contribution in [0.2, 0.25) is 0 Å². The Morgan fingerprint density at radius 1 is 1.55 bits per heavy atom. The molecule has 1 aliphatic heterocycles. The summed E-state index contributed by atoms with van der Waals surface area (Å²) in [4.78, 5) is 12.0. The Morgan fingerprint density at radius 3 is 3.05 bits per heavy atom. The SMILES string of the molecule is O=C(NC1CCCSC1)c1ccc(C#CCO)cc1F. The maximum absolute atomic E-state index is 13.9. The lowest BCUT2D eigenvalue weighted by atomic mass is 10.1. The van der Waals surface area contributed by atoms with E-state index < -0.39 is 5.82 Å². The maximum atomic E-state index is 13.9. The Kier molecular flexibility index (Phi) is 5.45. The molecule has 1 atom stereocenters. The molecular weight excluding hydrogens is 277 g/mol. The van der Waals surface area contributed by atoms with Gasteiger partial charge in [-0.15, -0.1) is 0 Å². The maximum Gasteiger partial charge on any atom is 0.254 e. The summed E-state index contributed by atoms with van der Waals surface area (Å²) < 4.78 is 13.9. The van der Waals surface area contributed by atoms with E-state index in [2.05, 4.69) is 17.2 Å². The van der Waals surface area contributed by atoms with Gasteiger partial charge >= 0.3 is 0 Å². The quantitative estimate of drug-likeness (QED) is 0.818. The van der Waals surface area contributed by atoms with Crippen LogP contribution in [0.5, 0.6) is 0 Å². The van der Waals surface area contributed by atoms with E-state index in [-0.39, 0.29) is 24.1 Å². The normalized spacial score (nSPS) is 18.0. The van der Waals surface area contributed by atoms with Crippen LogP contribution in [-0.2, 0) is 0 Å². The van der Waals surface area contributed by atoms with Gasteiger partial charge in [0, 0.05) is 17.4 Å². The number of aliphatic hydroxyl groups excluding tert-OH is 1. The van der Waals surface area contributed by atoms with Crippen molar-refractivity contribution in [3.05, 3.63) is 35.1 Å². The minimum atomic E-state index is -0.587. The van der Waals surface area contributed by atoms with Gasteiger partial charge in [0.1, 0.15) is 12.4 Å². The molecule has 1 fully saturated rings. The zero-order valence-corrected chi connectivity index (χ0v) is 11.8. The molecule has 1 aromatic carbocycles. The third kappa shape index (κ3) is 3.99. The Morgan fingerprint density at radius 2 is 2.40 bits per heavy atom. The molecule has 0 aromatic heterocycles. The van der Waals surface area contributed by atoms with E-state index in [0.29, 0.717) is 5.56 Å². The van der Waals surface area contributed by atoms with Crippen molar-refractivity contribution in [2.75, 3.05) is 18.1 Å². The van der Waals surface area contributed by atoms with Crippen LogP contribution in [0.1, 0.15) is 28.8 Å². The Balaban J connectivity index is 2.05. The number of amides is 1. The van der Waals surface area contributed by atoms with E-state index in [4.69, 9.17) is 5.11 Å². The zero-order chi connectivity index (χ0) is 14.4. The van der Waals surface area contributed by atoms with Gasteiger partial charge in [-0.1, -0.05) is 11.8 Å². The molecule has 1 amide bonds. The lowest BCUT2D eigenvalue weighted by Gasteiger charge is -2.22. The number of carbonyl (C=O) groups excluding carboxylic acids is 1. The Labute approximate surface area is 122 Å². The predicted octanol–water partition coefficient (Wildman–Crippen LogP) is 1.79. The molecular formula is C15H16FNO2S. The second-order valence-corrected chi connectivity index (χ2v) is 5.69. The number of thioether (sulfide) groups is 1. The summed E-state index contributed by atoms with van der Waals surface area (Å²) in [5.41, 5.74) is 0.483. The van der Waals surface area contributed by atoms with Crippen molar-refractivity contribution in [2.45, 2.75) is 18.9 Å². The molecule has 1 aromatic rings. The van der Waals surface area contributed by atoms with Gasteiger partial charge < -0.3 is 10.4 Å². The van der Waals surface area contributed by atoms with Gasteiger partial charge in [-0.25, -0.2) is 4.39 Å². The van der Waals surface area contributed by atoms with Crippen molar-refractivity contribution in [1.82, 2.24) is 5.32 Å². The van der Waals surface area contributed by atoms with Gasteiger partial charge in [-0.3, -0.25) is 4.79 Å². The molecule has 1 aliphatic rings. The summed E-state index contributed by atoms with van der Waals surface area (Å²) in [5.74, 6) is 6.09. The minimum absolute atomic E-state index is 0.0371. The molecule has 5 heteroatoms. The average molecular weight is 293 g/mol. The zero-order valence-electron chi connectivity index (χ0n) is 11.0. The number of halogens is 1. The van der Waals surface area contributed by atoms with Crippen LogP contribution in [0.15, 0.2) is 18.2 Å². The van der Waals surface area contributed by atoms with Crippen LogP contribution in [-0.4, -0.2) is 35.2 Å². The van der Waals surface area contributed by atoms with Crippen molar-refractivity contribution in [3.8, 4) is 11.8 Å². The Bertz CT molecular complexity index is 545. The molecule has 1 saturated heterocycles. The van der Waals surface area contributed by atoms with E-state index in [9.17, 15) is 9.18 Å². The number of carbonyl (C=O) groups is 1. The summed E-state index contributed by atoms with van der Waals surface area (Å²) in [7, 11) is 0. The first kappa shape index (κ1) is 14.9. The second-order valence-electron chi connectivity index (χ2n) is 4.54. The summed E-state index contributed by atoms with van der Waals surface area (Å²) in [6, 6.07) is 4.35. The monoisotopic (exact) mass is 293 g/mol. The fourth-order valence-electron chi connectivity index (χ4n) is 2.04. The number of aliphatic hydroxyl groups is 1. The van der Waals surface area contributed by atoms with Crippen molar-refractivity contribution in [3.63, 3.8) is 0 Å². The summed E-state index contributed by atoms with van der Waals surface area (Å²) in [6.45, 7) is -0.275. The first-order valence-electron chi connectivity index (χ1n) is 6.48. The highest BCUT2D eigenvalue weighted by atomic mass is 32.2. The molecule has 0 aliphatic carbocycles. The first-order valence-corrected chi connectivity index (χ1v) is 7.64. The molecule has 0 radical (unpaired) electrons. The highest BCUT2D eigenvalue weighted by Gasteiger charge is 2.19. The van der Waals surface area contributed by atoms with Crippen molar-refractivity contribution in [1.29, 1.82) is 0 Å². The van der Waals surface area contributed by atoms with E-state index in [0.717, 1.165) is 24.3 Å². The summed E-state index contributed by atoms with van der Waals surface area (Å²) in [6.07, 6.45) is 2.02. The Hall–Kier alpha value is -1.51. The standard InChI is InChI=1S/C15H16FNO2S/c16-14-9-11(3-1-7-18)5-6-13(14)15(19)17-12-4-2-8-20-10-12/h5-6,9,12,18H,2,4,7-8,10H2,(H,17,19). The fraction of sp³-hybridized carbons (Fsp3) is 0.400. The van der Waals surface area contributed by atoms with E-state index >= 15 is 0 Å². The highest BCUT2D eigenvalue weighted by Crippen LogP contribution is 2.18. The van der Waals surface area contributed by atoms with Crippen LogP contribution in [0.4, 0.5) is 4.39 Å². The smallest absolute Gasteiger partial charge is 0.254 e. The van der Waals surface area contributed by atoms with Gasteiger partial charge in [-0.05, 0) is 36.8 Å². The lowest BCUT2D eigenvalue weighted by Crippen LogP contribution is -2.38. The molecule has 2 rings (SSSR count). The van der Waals surface area contributed by atoms with Crippen LogP contribution in [0, 0.1) is 17.7 Å². The number of hydrogen-bond acceptors (Lipinski definition) is 3. The number of hydrogen-bond donors (Lipinski definition) is 2. The van der Waals surface area contributed by atoms with Gasteiger partial charge in [-0.2, -0.15) is 11.8 Å². The van der Waals surface area contributed by atoms with E-state index in [1.165, 1.54) is 12.1 Å².